The maximum atomic E-state index is 12.9. The molecule has 0 saturated carbocycles. The molecule has 134 valence electrons. The molecule has 3 rings (SSSR count). The van der Waals surface area contributed by atoms with Crippen LogP contribution < -0.4 is 5.32 Å². The van der Waals surface area contributed by atoms with E-state index in [4.69, 9.17) is 16.0 Å². The summed E-state index contributed by atoms with van der Waals surface area (Å²) in [6, 6.07) is 13.3. The van der Waals surface area contributed by atoms with Crippen LogP contribution in [-0.2, 0) is 11.2 Å². The Hall–Kier alpha value is -2.38. The Morgan fingerprint density at radius 1 is 1.19 bits per heavy atom. The maximum Gasteiger partial charge on any atom is 0.277 e. The van der Waals surface area contributed by atoms with Gasteiger partial charge in [0, 0.05) is 17.1 Å². The average Bonchev–Trinajstić information content (AvgIpc) is 3.10. The molecule has 1 aromatic heterocycles. The maximum absolute atomic E-state index is 12.9. The summed E-state index contributed by atoms with van der Waals surface area (Å²) >= 11 is 7.07. The average molecular weight is 392 g/mol. The normalized spacial score (nSPS) is 10.7. The number of hydrogen-bond donors (Lipinski definition) is 1. The number of carbonyl (C=O) groups is 1. The third kappa shape index (κ3) is 5.31. The van der Waals surface area contributed by atoms with Gasteiger partial charge in [-0.1, -0.05) is 35.5 Å². The van der Waals surface area contributed by atoms with Crippen molar-refractivity contribution in [3.05, 3.63) is 64.9 Å². The SMILES string of the molecule is O=C(CSc1nnc(-c2ccc(F)cc2)o1)NCCc1cccc(Cl)c1. The smallest absolute Gasteiger partial charge is 0.277 e. The standard InChI is InChI=1S/C18H15ClFN3O2S/c19-14-3-1-2-12(10-14)8-9-21-16(24)11-26-18-23-22-17(25-18)13-4-6-15(20)7-5-13/h1-7,10H,8-9,11H2,(H,21,24). The minimum absolute atomic E-state index is 0.126. The van der Waals surface area contributed by atoms with Crippen LogP contribution >= 0.6 is 23.4 Å². The molecular formula is C18H15ClFN3O2S. The van der Waals surface area contributed by atoms with E-state index in [-0.39, 0.29) is 28.6 Å². The first-order chi connectivity index (χ1) is 12.6. The zero-order valence-corrected chi connectivity index (χ0v) is 15.2. The Balaban J connectivity index is 1.44. The van der Waals surface area contributed by atoms with Gasteiger partial charge in [0.15, 0.2) is 0 Å². The van der Waals surface area contributed by atoms with Crippen molar-refractivity contribution in [1.29, 1.82) is 0 Å². The fraction of sp³-hybridized carbons (Fsp3) is 0.167. The van der Waals surface area contributed by atoms with Gasteiger partial charge in [0.2, 0.25) is 11.8 Å². The minimum Gasteiger partial charge on any atom is -0.411 e. The lowest BCUT2D eigenvalue weighted by atomic mass is 10.1. The summed E-state index contributed by atoms with van der Waals surface area (Å²) in [4.78, 5) is 11.9. The summed E-state index contributed by atoms with van der Waals surface area (Å²) < 4.78 is 18.4. The van der Waals surface area contributed by atoms with Crippen molar-refractivity contribution >= 4 is 29.3 Å². The molecular weight excluding hydrogens is 377 g/mol. The van der Waals surface area contributed by atoms with Gasteiger partial charge in [-0.2, -0.15) is 0 Å². The highest BCUT2D eigenvalue weighted by molar-refractivity contribution is 7.99. The Bertz CT molecular complexity index is 886. The Morgan fingerprint density at radius 3 is 2.77 bits per heavy atom. The predicted octanol–water partition coefficient (Wildman–Crippen LogP) is 3.98. The van der Waals surface area contributed by atoms with E-state index >= 15 is 0 Å². The van der Waals surface area contributed by atoms with E-state index in [9.17, 15) is 9.18 Å². The predicted molar refractivity (Wildman–Crippen MR) is 98.6 cm³/mol. The second-order valence-electron chi connectivity index (χ2n) is 5.40. The van der Waals surface area contributed by atoms with Crippen LogP contribution in [0, 0.1) is 5.82 Å². The lowest BCUT2D eigenvalue weighted by molar-refractivity contribution is -0.118. The largest absolute Gasteiger partial charge is 0.411 e. The van der Waals surface area contributed by atoms with E-state index < -0.39 is 0 Å². The number of halogens is 2. The first kappa shape index (κ1) is 18.4. The van der Waals surface area contributed by atoms with Gasteiger partial charge in [-0.15, -0.1) is 10.2 Å². The number of nitrogens with one attached hydrogen (secondary N) is 1. The second kappa shape index (κ2) is 8.82. The molecule has 0 bridgehead atoms. The molecule has 0 unspecified atom stereocenters. The number of hydrogen-bond acceptors (Lipinski definition) is 5. The molecule has 0 spiro atoms. The molecule has 0 fully saturated rings. The molecule has 8 heteroatoms. The fourth-order valence-electron chi connectivity index (χ4n) is 2.19. The number of rotatable bonds is 7. The van der Waals surface area contributed by atoms with Crippen LogP contribution in [0.1, 0.15) is 5.56 Å². The van der Waals surface area contributed by atoms with Crippen molar-refractivity contribution in [2.75, 3.05) is 12.3 Å². The van der Waals surface area contributed by atoms with Crippen molar-refractivity contribution in [3.8, 4) is 11.5 Å². The Morgan fingerprint density at radius 2 is 2.00 bits per heavy atom. The highest BCUT2D eigenvalue weighted by Crippen LogP contribution is 2.23. The van der Waals surface area contributed by atoms with E-state index in [0.717, 1.165) is 17.3 Å². The molecule has 2 aromatic carbocycles. The van der Waals surface area contributed by atoms with Gasteiger partial charge in [0.25, 0.3) is 5.22 Å². The van der Waals surface area contributed by atoms with Gasteiger partial charge in [-0.25, -0.2) is 4.39 Å². The van der Waals surface area contributed by atoms with Gasteiger partial charge in [-0.05, 0) is 48.4 Å². The molecule has 0 radical (unpaired) electrons. The summed E-state index contributed by atoms with van der Waals surface area (Å²) in [5.74, 6) is -0.00891. The zero-order chi connectivity index (χ0) is 18.4. The summed E-state index contributed by atoms with van der Waals surface area (Å²) in [6.45, 7) is 0.518. The van der Waals surface area contributed by atoms with Crippen LogP contribution in [0.3, 0.4) is 0 Å². The summed E-state index contributed by atoms with van der Waals surface area (Å²) in [5, 5.41) is 11.6. The molecule has 3 aromatic rings. The lowest BCUT2D eigenvalue weighted by Gasteiger charge is -2.04. The molecule has 0 atom stereocenters. The molecule has 0 aliphatic rings. The third-order valence-corrected chi connectivity index (χ3v) is 4.50. The molecule has 26 heavy (non-hydrogen) atoms. The quantitative estimate of drug-likeness (QED) is 0.617. The van der Waals surface area contributed by atoms with Crippen LogP contribution in [0.5, 0.6) is 0 Å². The van der Waals surface area contributed by atoms with Crippen LogP contribution in [0.15, 0.2) is 58.2 Å². The fourth-order valence-corrected chi connectivity index (χ4v) is 3.00. The van der Waals surface area contributed by atoms with Crippen LogP contribution in [0.25, 0.3) is 11.5 Å². The van der Waals surface area contributed by atoms with Crippen molar-refractivity contribution < 1.29 is 13.6 Å². The molecule has 0 aliphatic heterocycles. The van der Waals surface area contributed by atoms with E-state index in [0.29, 0.717) is 23.6 Å². The van der Waals surface area contributed by atoms with Crippen LogP contribution in [0.2, 0.25) is 5.02 Å². The second-order valence-corrected chi connectivity index (χ2v) is 6.76. The van der Waals surface area contributed by atoms with Gasteiger partial charge >= 0.3 is 0 Å². The van der Waals surface area contributed by atoms with Crippen molar-refractivity contribution in [1.82, 2.24) is 15.5 Å². The van der Waals surface area contributed by atoms with E-state index in [1.165, 1.54) is 12.1 Å². The number of thioether (sulfide) groups is 1. The van der Waals surface area contributed by atoms with Crippen LogP contribution in [-0.4, -0.2) is 28.4 Å². The number of amides is 1. The van der Waals surface area contributed by atoms with Gasteiger partial charge < -0.3 is 9.73 Å². The molecule has 1 N–H and O–H groups in total. The number of aromatic nitrogens is 2. The highest BCUT2D eigenvalue weighted by Gasteiger charge is 2.11. The zero-order valence-electron chi connectivity index (χ0n) is 13.6. The minimum atomic E-state index is -0.336. The summed E-state index contributed by atoms with van der Waals surface area (Å²) in [6.07, 6.45) is 0.701. The van der Waals surface area contributed by atoms with E-state index in [2.05, 4.69) is 15.5 Å². The van der Waals surface area contributed by atoms with E-state index in [1.54, 1.807) is 12.1 Å². The first-order valence-electron chi connectivity index (χ1n) is 7.83. The Kier molecular flexibility index (Phi) is 6.25. The van der Waals surface area contributed by atoms with Gasteiger partial charge in [0.05, 0.1) is 5.75 Å². The molecule has 0 saturated heterocycles. The third-order valence-electron chi connectivity index (χ3n) is 3.45. The van der Waals surface area contributed by atoms with Gasteiger partial charge in [0.1, 0.15) is 5.82 Å². The summed E-state index contributed by atoms with van der Waals surface area (Å²) in [5.41, 5.74) is 1.68. The molecule has 1 amide bonds. The molecule has 1 heterocycles. The van der Waals surface area contributed by atoms with Crippen molar-refractivity contribution in [2.45, 2.75) is 11.6 Å². The lowest BCUT2D eigenvalue weighted by Crippen LogP contribution is -2.27. The van der Waals surface area contributed by atoms with Crippen LogP contribution in [0.4, 0.5) is 4.39 Å². The number of nitrogens with zero attached hydrogens (tertiary/aromatic N) is 2. The monoisotopic (exact) mass is 391 g/mol. The van der Waals surface area contributed by atoms with Crippen molar-refractivity contribution in [3.63, 3.8) is 0 Å². The summed E-state index contributed by atoms with van der Waals surface area (Å²) in [7, 11) is 0. The first-order valence-corrected chi connectivity index (χ1v) is 9.20. The number of benzene rings is 2. The highest BCUT2D eigenvalue weighted by atomic mass is 35.5. The van der Waals surface area contributed by atoms with Crippen molar-refractivity contribution in [2.24, 2.45) is 0 Å². The molecule has 0 aliphatic carbocycles. The molecule has 5 nitrogen and oxygen atoms in total. The number of carbonyl (C=O) groups excluding carboxylic acids is 1. The topological polar surface area (TPSA) is 68.0 Å². The van der Waals surface area contributed by atoms with Gasteiger partial charge in [-0.3, -0.25) is 4.79 Å². The van der Waals surface area contributed by atoms with E-state index in [1.807, 2.05) is 24.3 Å². The Labute approximate surface area is 159 Å².